The fraction of sp³-hybridized carbons (Fsp3) is 0.370. The largest absolute Gasteiger partial charge is 0.338 e. The van der Waals surface area contributed by atoms with Gasteiger partial charge in [0.05, 0.1) is 28.6 Å². The second kappa shape index (κ2) is 9.66. The minimum atomic E-state index is -0.831. The molecule has 0 bridgehead atoms. The van der Waals surface area contributed by atoms with Gasteiger partial charge in [0.2, 0.25) is 5.91 Å². The molecule has 5 rings (SSSR count). The molecular weight excluding hydrogens is 458 g/mol. The number of hydrogen-bond acceptors (Lipinski definition) is 6. The average molecular weight is 488 g/mol. The predicted molar refractivity (Wildman–Crippen MR) is 134 cm³/mol. The number of amides is 3. The number of imide groups is 1. The molecule has 1 N–H and O–H groups in total. The Morgan fingerprint density at radius 1 is 0.917 bits per heavy atom. The fourth-order valence-corrected chi connectivity index (χ4v) is 5.01. The number of rotatable bonds is 6. The number of fused-ring (bicyclic) bond motifs is 2. The molecule has 186 valence electrons. The maximum Gasteiger partial charge on any atom is 0.262 e. The highest BCUT2D eigenvalue weighted by Gasteiger charge is 2.44. The quantitative estimate of drug-likeness (QED) is 0.535. The summed E-state index contributed by atoms with van der Waals surface area (Å²) in [6.07, 6.45) is 0.409. The number of aromatic nitrogens is 2. The van der Waals surface area contributed by atoms with E-state index in [2.05, 4.69) is 14.9 Å². The first-order valence-electron chi connectivity index (χ1n) is 12.3. The van der Waals surface area contributed by atoms with Crippen LogP contribution in [0.2, 0.25) is 0 Å². The number of nitrogens with one attached hydrogen (secondary N) is 1. The van der Waals surface area contributed by atoms with Gasteiger partial charge in [0.15, 0.2) is 0 Å². The standard InChI is InChI=1S/C27H29N5O4/c1-17(2)15-22(32-25(34)18-7-3-4-8-19(18)26(32)35)27(36)31-13-11-30(12-14-31)16-23-28-21-10-6-5-9-20(21)24(33)29-23/h3-10,17,22H,11-16H2,1-2H3,(H,28,29,33)/t22-/m1/s1. The van der Waals surface area contributed by atoms with Crippen molar-refractivity contribution in [3.05, 3.63) is 75.8 Å². The average Bonchev–Trinajstić information content (AvgIpc) is 3.12. The van der Waals surface area contributed by atoms with E-state index in [0.29, 0.717) is 67.0 Å². The molecule has 0 radical (unpaired) electrons. The van der Waals surface area contributed by atoms with Crippen LogP contribution in [-0.2, 0) is 11.3 Å². The van der Waals surface area contributed by atoms with Gasteiger partial charge < -0.3 is 9.88 Å². The Labute approximate surface area is 208 Å². The lowest BCUT2D eigenvalue weighted by Crippen LogP contribution is -2.56. The van der Waals surface area contributed by atoms with Crippen LogP contribution < -0.4 is 5.56 Å². The zero-order valence-electron chi connectivity index (χ0n) is 20.4. The minimum Gasteiger partial charge on any atom is -0.338 e. The Bertz CT molecular complexity index is 1360. The summed E-state index contributed by atoms with van der Waals surface area (Å²) in [7, 11) is 0. The van der Waals surface area contributed by atoms with Gasteiger partial charge in [-0.2, -0.15) is 0 Å². The Hall–Kier alpha value is -3.85. The SMILES string of the molecule is CC(C)C[C@H](C(=O)N1CCN(Cc2nc3ccccc3c(=O)[nH]2)CC1)N1C(=O)c2ccccc2C1=O. The number of carbonyl (C=O) groups is 3. The summed E-state index contributed by atoms with van der Waals surface area (Å²) in [5.74, 6) is -0.295. The zero-order chi connectivity index (χ0) is 25.4. The number of benzene rings is 2. The number of aromatic amines is 1. The van der Waals surface area contributed by atoms with Crippen LogP contribution in [0.1, 0.15) is 46.8 Å². The molecule has 9 nitrogen and oxygen atoms in total. The molecule has 1 aromatic heterocycles. The van der Waals surface area contributed by atoms with Crippen LogP contribution in [0.15, 0.2) is 53.3 Å². The van der Waals surface area contributed by atoms with Gasteiger partial charge in [0.25, 0.3) is 17.4 Å². The number of para-hydroxylation sites is 1. The molecule has 1 fully saturated rings. The topological polar surface area (TPSA) is 107 Å². The molecule has 36 heavy (non-hydrogen) atoms. The Morgan fingerprint density at radius 3 is 2.17 bits per heavy atom. The highest BCUT2D eigenvalue weighted by Crippen LogP contribution is 2.28. The van der Waals surface area contributed by atoms with Gasteiger partial charge in [0.1, 0.15) is 11.9 Å². The number of piperazine rings is 1. The lowest BCUT2D eigenvalue weighted by atomic mass is 10.0. The van der Waals surface area contributed by atoms with Crippen LogP contribution in [-0.4, -0.2) is 74.6 Å². The summed E-state index contributed by atoms with van der Waals surface area (Å²) in [6.45, 7) is 6.55. The van der Waals surface area contributed by atoms with E-state index < -0.39 is 17.9 Å². The maximum absolute atomic E-state index is 13.6. The van der Waals surface area contributed by atoms with Crippen molar-refractivity contribution in [3.63, 3.8) is 0 Å². The predicted octanol–water partition coefficient (Wildman–Crippen LogP) is 2.28. The van der Waals surface area contributed by atoms with Gasteiger partial charge in [0, 0.05) is 26.2 Å². The van der Waals surface area contributed by atoms with Gasteiger partial charge in [-0.25, -0.2) is 4.98 Å². The monoisotopic (exact) mass is 487 g/mol. The number of hydrogen-bond donors (Lipinski definition) is 1. The summed E-state index contributed by atoms with van der Waals surface area (Å²) in [5, 5.41) is 0.556. The van der Waals surface area contributed by atoms with Crippen molar-refractivity contribution in [2.45, 2.75) is 32.9 Å². The molecule has 0 saturated carbocycles. The maximum atomic E-state index is 13.6. The minimum absolute atomic E-state index is 0.125. The van der Waals surface area contributed by atoms with Gasteiger partial charge in [-0.05, 0) is 36.6 Å². The van der Waals surface area contributed by atoms with Gasteiger partial charge in [-0.15, -0.1) is 0 Å². The summed E-state index contributed by atoms with van der Waals surface area (Å²) in [6, 6.07) is 13.1. The van der Waals surface area contributed by atoms with Crippen molar-refractivity contribution < 1.29 is 14.4 Å². The molecule has 1 atom stereocenters. The van der Waals surface area contributed by atoms with E-state index in [-0.39, 0.29) is 17.4 Å². The van der Waals surface area contributed by atoms with E-state index in [0.717, 1.165) is 4.90 Å². The van der Waals surface area contributed by atoms with Crippen molar-refractivity contribution in [1.29, 1.82) is 0 Å². The molecule has 3 aromatic rings. The molecule has 9 heteroatoms. The fourth-order valence-electron chi connectivity index (χ4n) is 5.01. The van der Waals surface area contributed by atoms with Gasteiger partial charge >= 0.3 is 0 Å². The zero-order valence-corrected chi connectivity index (χ0v) is 20.4. The lowest BCUT2D eigenvalue weighted by molar-refractivity contribution is -0.137. The number of nitrogens with zero attached hydrogens (tertiary/aromatic N) is 4. The molecule has 0 unspecified atom stereocenters. The highest BCUT2D eigenvalue weighted by molar-refractivity contribution is 6.22. The van der Waals surface area contributed by atoms with Gasteiger partial charge in [-0.3, -0.25) is 29.0 Å². The van der Waals surface area contributed by atoms with Crippen molar-refractivity contribution in [1.82, 2.24) is 24.7 Å². The summed E-state index contributed by atoms with van der Waals surface area (Å²) >= 11 is 0. The van der Waals surface area contributed by atoms with Crippen LogP contribution in [0.25, 0.3) is 10.9 Å². The molecular formula is C27H29N5O4. The first kappa shape index (κ1) is 23.9. The van der Waals surface area contributed by atoms with Crippen molar-refractivity contribution in [2.75, 3.05) is 26.2 Å². The van der Waals surface area contributed by atoms with Crippen LogP contribution in [0.4, 0.5) is 0 Å². The first-order chi connectivity index (χ1) is 17.3. The Kier molecular flexibility index (Phi) is 6.40. The Balaban J connectivity index is 1.28. The van der Waals surface area contributed by atoms with E-state index in [1.165, 1.54) is 0 Å². The third kappa shape index (κ3) is 4.42. The lowest BCUT2D eigenvalue weighted by Gasteiger charge is -2.38. The molecule has 2 aliphatic rings. The van der Waals surface area contributed by atoms with Crippen molar-refractivity contribution in [3.8, 4) is 0 Å². The smallest absolute Gasteiger partial charge is 0.262 e. The van der Waals surface area contributed by atoms with Crippen molar-refractivity contribution in [2.24, 2.45) is 5.92 Å². The molecule has 3 heterocycles. The van der Waals surface area contributed by atoms with E-state index >= 15 is 0 Å². The third-order valence-corrected chi connectivity index (χ3v) is 6.84. The van der Waals surface area contributed by atoms with E-state index in [9.17, 15) is 19.2 Å². The first-order valence-corrected chi connectivity index (χ1v) is 12.3. The normalized spacial score (nSPS) is 17.2. The molecule has 2 aliphatic heterocycles. The molecule has 2 aromatic carbocycles. The van der Waals surface area contributed by atoms with E-state index in [4.69, 9.17) is 0 Å². The Morgan fingerprint density at radius 2 is 1.53 bits per heavy atom. The number of carbonyl (C=O) groups excluding carboxylic acids is 3. The van der Waals surface area contributed by atoms with Crippen molar-refractivity contribution >= 4 is 28.6 Å². The van der Waals surface area contributed by atoms with Crippen LogP contribution in [0.3, 0.4) is 0 Å². The molecule has 1 saturated heterocycles. The molecule has 3 amide bonds. The van der Waals surface area contributed by atoms with Crippen LogP contribution in [0, 0.1) is 5.92 Å². The third-order valence-electron chi connectivity index (χ3n) is 6.84. The van der Waals surface area contributed by atoms with Gasteiger partial charge in [-0.1, -0.05) is 38.1 Å². The highest BCUT2D eigenvalue weighted by atomic mass is 16.2. The van der Waals surface area contributed by atoms with E-state index in [1.54, 1.807) is 35.2 Å². The summed E-state index contributed by atoms with van der Waals surface area (Å²) in [5.41, 5.74) is 1.20. The molecule has 0 aliphatic carbocycles. The summed E-state index contributed by atoms with van der Waals surface area (Å²) < 4.78 is 0. The summed E-state index contributed by atoms with van der Waals surface area (Å²) in [4.78, 5) is 64.6. The second-order valence-corrected chi connectivity index (χ2v) is 9.80. The van der Waals surface area contributed by atoms with Crippen LogP contribution >= 0.6 is 0 Å². The van der Waals surface area contributed by atoms with E-state index in [1.807, 2.05) is 32.0 Å². The number of H-pyrrole nitrogens is 1. The van der Waals surface area contributed by atoms with Crippen LogP contribution in [0.5, 0.6) is 0 Å². The second-order valence-electron chi connectivity index (χ2n) is 9.80. The molecule has 0 spiro atoms.